The molecule has 0 amide bonds. The lowest BCUT2D eigenvalue weighted by atomic mass is 9.75. The Morgan fingerprint density at radius 2 is 2.10 bits per heavy atom. The van der Waals surface area contributed by atoms with Gasteiger partial charge >= 0.3 is 5.97 Å². The van der Waals surface area contributed by atoms with E-state index >= 15 is 0 Å². The minimum Gasteiger partial charge on any atom is -0.508 e. The van der Waals surface area contributed by atoms with E-state index in [9.17, 15) is 9.90 Å². The van der Waals surface area contributed by atoms with Crippen molar-refractivity contribution in [1.82, 2.24) is 0 Å². The molecule has 1 saturated carbocycles. The highest BCUT2D eigenvalue weighted by atomic mass is 16.5. The lowest BCUT2D eigenvalue weighted by molar-refractivity contribution is -0.0174. The van der Waals surface area contributed by atoms with Crippen LogP contribution in [0.5, 0.6) is 5.75 Å². The smallest absolute Gasteiger partial charge is 0.338 e. The highest BCUT2D eigenvalue weighted by molar-refractivity contribution is 5.89. The van der Waals surface area contributed by atoms with Crippen molar-refractivity contribution in [2.75, 3.05) is 0 Å². The van der Waals surface area contributed by atoms with Crippen LogP contribution in [-0.2, 0) is 4.74 Å². The molecule has 3 atom stereocenters. The first-order valence-electron chi connectivity index (χ1n) is 7.47. The number of carbonyl (C=O) groups is 1. The molecule has 1 aromatic carbocycles. The Morgan fingerprint density at radius 1 is 1.35 bits per heavy atom. The molecular formula is C17H24O3. The molecule has 3 nitrogen and oxygen atoms in total. The summed E-state index contributed by atoms with van der Waals surface area (Å²) in [6, 6.07) is 6.35. The van der Waals surface area contributed by atoms with Crippen LogP contribution in [0.3, 0.4) is 0 Å². The van der Waals surface area contributed by atoms with E-state index in [1.54, 1.807) is 18.2 Å². The molecule has 110 valence electrons. The number of esters is 1. The van der Waals surface area contributed by atoms with Crippen molar-refractivity contribution in [2.45, 2.75) is 46.1 Å². The Morgan fingerprint density at radius 3 is 2.75 bits per heavy atom. The molecule has 1 aromatic rings. The van der Waals surface area contributed by atoms with E-state index in [0.717, 1.165) is 12.8 Å². The molecule has 1 N–H and O–H groups in total. The van der Waals surface area contributed by atoms with E-state index in [2.05, 4.69) is 20.8 Å². The molecule has 1 aliphatic carbocycles. The molecule has 3 heteroatoms. The molecule has 0 radical (unpaired) electrons. The van der Waals surface area contributed by atoms with Crippen molar-refractivity contribution in [3.05, 3.63) is 29.8 Å². The Balaban J connectivity index is 2.08. The van der Waals surface area contributed by atoms with Crippen LogP contribution in [0.25, 0.3) is 0 Å². The summed E-state index contributed by atoms with van der Waals surface area (Å²) in [7, 11) is 0. The van der Waals surface area contributed by atoms with Crippen LogP contribution in [0, 0.1) is 17.8 Å². The number of phenols is 1. The summed E-state index contributed by atoms with van der Waals surface area (Å²) in [5, 5.41) is 9.44. The second kappa shape index (κ2) is 6.29. The number of ether oxygens (including phenoxy) is 1. The van der Waals surface area contributed by atoms with Gasteiger partial charge in [-0.15, -0.1) is 0 Å². The molecule has 0 aliphatic heterocycles. The molecule has 0 spiro atoms. The van der Waals surface area contributed by atoms with E-state index < -0.39 is 0 Å². The van der Waals surface area contributed by atoms with Gasteiger partial charge in [0.1, 0.15) is 11.9 Å². The summed E-state index contributed by atoms with van der Waals surface area (Å²) in [5.41, 5.74) is 0.422. The second-order valence-corrected chi connectivity index (χ2v) is 6.32. The predicted molar refractivity (Wildman–Crippen MR) is 78.7 cm³/mol. The summed E-state index contributed by atoms with van der Waals surface area (Å²) in [4.78, 5) is 12.2. The van der Waals surface area contributed by atoms with E-state index in [1.807, 2.05) is 0 Å². The standard InChI is InChI=1S/C17H24O3/c1-11(2)15-8-7-12(3)9-16(15)20-17(19)13-5-4-6-14(18)10-13/h4-6,10-12,15-16,18H,7-9H2,1-3H3. The first-order valence-corrected chi connectivity index (χ1v) is 7.47. The van der Waals surface area contributed by atoms with Gasteiger partial charge in [-0.2, -0.15) is 0 Å². The highest BCUT2D eigenvalue weighted by Crippen LogP contribution is 2.35. The van der Waals surface area contributed by atoms with Gasteiger partial charge in [0.25, 0.3) is 0 Å². The van der Waals surface area contributed by atoms with Crippen LogP contribution in [0.4, 0.5) is 0 Å². The number of benzene rings is 1. The third-order valence-electron chi connectivity index (χ3n) is 4.30. The SMILES string of the molecule is CC1CCC(C(C)C)C(OC(=O)c2cccc(O)c2)C1. The first kappa shape index (κ1) is 14.9. The van der Waals surface area contributed by atoms with E-state index in [-0.39, 0.29) is 17.8 Å². The first-order chi connectivity index (χ1) is 9.47. The van der Waals surface area contributed by atoms with Crippen molar-refractivity contribution < 1.29 is 14.6 Å². The molecule has 3 unspecified atom stereocenters. The summed E-state index contributed by atoms with van der Waals surface area (Å²) >= 11 is 0. The van der Waals surface area contributed by atoms with Crippen LogP contribution in [0.2, 0.25) is 0 Å². The molecule has 0 heterocycles. The van der Waals surface area contributed by atoms with Crippen molar-refractivity contribution in [2.24, 2.45) is 17.8 Å². The highest BCUT2D eigenvalue weighted by Gasteiger charge is 2.33. The summed E-state index contributed by atoms with van der Waals surface area (Å²) in [6.07, 6.45) is 3.27. The monoisotopic (exact) mass is 276 g/mol. The minimum absolute atomic E-state index is 0.00593. The van der Waals surface area contributed by atoms with Gasteiger partial charge < -0.3 is 9.84 Å². The normalized spacial score (nSPS) is 26.5. The average molecular weight is 276 g/mol. The van der Waals surface area contributed by atoms with Crippen molar-refractivity contribution in [1.29, 1.82) is 0 Å². The maximum Gasteiger partial charge on any atom is 0.338 e. The Labute approximate surface area is 121 Å². The maximum absolute atomic E-state index is 12.2. The Bertz CT molecular complexity index is 467. The topological polar surface area (TPSA) is 46.5 Å². The van der Waals surface area contributed by atoms with E-state index in [0.29, 0.717) is 23.3 Å². The van der Waals surface area contributed by atoms with Crippen LogP contribution >= 0.6 is 0 Å². The van der Waals surface area contributed by atoms with Crippen LogP contribution < -0.4 is 0 Å². The van der Waals surface area contributed by atoms with Gasteiger partial charge in [-0.3, -0.25) is 0 Å². The molecule has 0 saturated heterocycles. The molecule has 2 rings (SSSR count). The number of phenolic OH excluding ortho intramolecular Hbond substituents is 1. The Kier molecular flexibility index (Phi) is 4.69. The summed E-state index contributed by atoms with van der Waals surface area (Å²) in [6.45, 7) is 6.59. The average Bonchev–Trinajstić information content (AvgIpc) is 2.38. The lowest BCUT2D eigenvalue weighted by Gasteiger charge is -2.36. The zero-order valence-corrected chi connectivity index (χ0v) is 12.5. The number of hydrogen-bond donors (Lipinski definition) is 1. The van der Waals surface area contributed by atoms with Gasteiger partial charge in [-0.25, -0.2) is 4.79 Å². The van der Waals surface area contributed by atoms with E-state index in [4.69, 9.17) is 4.74 Å². The fraction of sp³-hybridized carbons (Fsp3) is 0.588. The van der Waals surface area contributed by atoms with Crippen LogP contribution in [0.15, 0.2) is 24.3 Å². The van der Waals surface area contributed by atoms with Gasteiger partial charge in [0.05, 0.1) is 5.56 Å². The third-order valence-corrected chi connectivity index (χ3v) is 4.30. The van der Waals surface area contributed by atoms with Crippen molar-refractivity contribution in [3.8, 4) is 5.75 Å². The molecule has 0 aromatic heterocycles. The number of carbonyl (C=O) groups excluding carboxylic acids is 1. The van der Waals surface area contributed by atoms with Crippen LogP contribution in [0.1, 0.15) is 50.4 Å². The molecule has 20 heavy (non-hydrogen) atoms. The van der Waals surface area contributed by atoms with Crippen molar-refractivity contribution in [3.63, 3.8) is 0 Å². The number of hydrogen-bond acceptors (Lipinski definition) is 3. The van der Waals surface area contributed by atoms with Gasteiger partial charge in [0, 0.05) is 0 Å². The molecule has 0 bridgehead atoms. The second-order valence-electron chi connectivity index (χ2n) is 6.32. The summed E-state index contributed by atoms with van der Waals surface area (Å²) in [5.74, 6) is 1.33. The zero-order chi connectivity index (χ0) is 14.7. The van der Waals surface area contributed by atoms with Gasteiger partial charge in [0.2, 0.25) is 0 Å². The third kappa shape index (κ3) is 3.53. The van der Waals surface area contributed by atoms with Gasteiger partial charge in [0.15, 0.2) is 0 Å². The Hall–Kier alpha value is -1.51. The minimum atomic E-state index is -0.328. The fourth-order valence-electron chi connectivity index (χ4n) is 3.09. The van der Waals surface area contributed by atoms with E-state index in [1.165, 1.54) is 12.5 Å². The van der Waals surface area contributed by atoms with Crippen LogP contribution in [-0.4, -0.2) is 17.2 Å². The zero-order valence-electron chi connectivity index (χ0n) is 12.5. The fourth-order valence-corrected chi connectivity index (χ4v) is 3.09. The van der Waals surface area contributed by atoms with Gasteiger partial charge in [-0.05, 0) is 48.8 Å². The predicted octanol–water partition coefficient (Wildman–Crippen LogP) is 4.01. The number of aromatic hydroxyl groups is 1. The largest absolute Gasteiger partial charge is 0.508 e. The molecule has 1 fully saturated rings. The number of rotatable bonds is 3. The molecule has 1 aliphatic rings. The summed E-state index contributed by atoms with van der Waals surface area (Å²) < 4.78 is 5.73. The van der Waals surface area contributed by atoms with Crippen molar-refractivity contribution >= 4 is 5.97 Å². The molecular weight excluding hydrogens is 252 g/mol. The maximum atomic E-state index is 12.2. The quantitative estimate of drug-likeness (QED) is 0.848. The van der Waals surface area contributed by atoms with Gasteiger partial charge in [-0.1, -0.05) is 33.3 Å². The lowest BCUT2D eigenvalue weighted by Crippen LogP contribution is -2.35.